The van der Waals surface area contributed by atoms with Gasteiger partial charge < -0.3 is 5.11 Å². The molecule has 0 amide bonds. The number of aliphatic hydroxyl groups is 1. The fraction of sp³-hybridized carbons (Fsp3) is 0.857. The Morgan fingerprint density at radius 3 is 2.57 bits per heavy atom. The van der Waals surface area contributed by atoms with Crippen LogP contribution >= 0.6 is 0 Å². The van der Waals surface area contributed by atoms with Crippen LogP contribution in [0.1, 0.15) is 104 Å². The molecule has 1 heterocycles. The summed E-state index contributed by atoms with van der Waals surface area (Å²) in [6.07, 6.45) is 8.24. The van der Waals surface area contributed by atoms with Crippen LogP contribution in [0.25, 0.3) is 0 Å². The van der Waals surface area contributed by atoms with Gasteiger partial charge in [-0.3, -0.25) is 9.48 Å². The van der Waals surface area contributed by atoms with Crippen molar-refractivity contribution < 1.29 is 23.1 Å². The SMILES string of the molecule is CCCC(C)(O)C[C@H]1CC[C@@H]2[C@H](CC[C@@]3(C)[C@H]2CC[C@]3(CC)C(=O)Cn2cc(C(F)(F)F)cn2)C1. The molecule has 1 aromatic heterocycles. The standard InChI is InChI=1S/C28H43F3N2O2/c1-5-11-25(3,35)15-19-7-8-22-20(14-19)9-12-26(4)23(22)10-13-27(26,6-2)24(34)18-33-17-21(16-32-33)28(29,30)31/h16-17,19-20,22-23,35H,5-15,18H2,1-4H3/t19-,20+,22+,23-,25?,26-,27+/m0/s1. The molecule has 35 heavy (non-hydrogen) atoms. The second-order valence-electron chi connectivity index (χ2n) is 12.4. The molecule has 3 fully saturated rings. The highest BCUT2D eigenvalue weighted by Gasteiger charge is 2.63. The summed E-state index contributed by atoms with van der Waals surface area (Å²) in [5.74, 6) is 2.38. The fourth-order valence-corrected chi connectivity index (χ4v) is 8.78. The van der Waals surface area contributed by atoms with E-state index in [4.69, 9.17) is 0 Å². The lowest BCUT2D eigenvalue weighted by Gasteiger charge is -2.55. The molecule has 0 spiro atoms. The molecular formula is C28H43F3N2O2. The third kappa shape index (κ3) is 4.83. The first-order chi connectivity index (χ1) is 16.3. The molecule has 1 N–H and O–H groups in total. The normalized spacial score (nSPS) is 36.9. The lowest BCUT2D eigenvalue weighted by atomic mass is 9.49. The van der Waals surface area contributed by atoms with Crippen molar-refractivity contribution in [3.8, 4) is 0 Å². The number of halogens is 3. The first-order valence-corrected chi connectivity index (χ1v) is 13.7. The van der Waals surface area contributed by atoms with E-state index in [9.17, 15) is 23.1 Å². The van der Waals surface area contributed by atoms with Gasteiger partial charge in [-0.15, -0.1) is 0 Å². The second kappa shape index (κ2) is 9.50. The highest BCUT2D eigenvalue weighted by atomic mass is 19.4. The molecule has 0 aromatic carbocycles. The summed E-state index contributed by atoms with van der Waals surface area (Å²) in [7, 11) is 0. The first kappa shape index (κ1) is 26.7. The summed E-state index contributed by atoms with van der Waals surface area (Å²) in [6, 6.07) is 0. The van der Waals surface area contributed by atoms with Gasteiger partial charge >= 0.3 is 6.18 Å². The molecule has 0 saturated heterocycles. The fourth-order valence-electron chi connectivity index (χ4n) is 8.78. The van der Waals surface area contributed by atoms with Crippen molar-refractivity contribution in [1.29, 1.82) is 0 Å². The average Bonchev–Trinajstić information content (AvgIpc) is 3.36. The van der Waals surface area contributed by atoms with Crippen LogP contribution in [0.5, 0.6) is 0 Å². The Balaban J connectivity index is 1.47. The summed E-state index contributed by atoms with van der Waals surface area (Å²) in [4.78, 5) is 13.7. The highest BCUT2D eigenvalue weighted by Crippen LogP contribution is 2.68. The minimum atomic E-state index is -4.45. The van der Waals surface area contributed by atoms with E-state index < -0.39 is 22.8 Å². The Hall–Kier alpha value is -1.37. The monoisotopic (exact) mass is 496 g/mol. The van der Waals surface area contributed by atoms with E-state index in [-0.39, 0.29) is 17.7 Å². The number of carbonyl (C=O) groups is 1. The Kier molecular flexibility index (Phi) is 7.24. The van der Waals surface area contributed by atoms with E-state index in [1.54, 1.807) is 0 Å². The lowest BCUT2D eigenvalue weighted by Crippen LogP contribution is -2.51. The van der Waals surface area contributed by atoms with Gasteiger partial charge in [-0.1, -0.05) is 33.6 Å². The Morgan fingerprint density at radius 1 is 1.20 bits per heavy atom. The number of ketones is 1. The summed E-state index contributed by atoms with van der Waals surface area (Å²) in [5.41, 5.74) is -1.98. The van der Waals surface area contributed by atoms with Crippen LogP contribution in [-0.4, -0.2) is 26.3 Å². The van der Waals surface area contributed by atoms with Crippen LogP contribution in [-0.2, 0) is 17.5 Å². The minimum absolute atomic E-state index is 0.0459. The van der Waals surface area contributed by atoms with E-state index in [0.29, 0.717) is 23.7 Å². The molecule has 0 aliphatic heterocycles. The third-order valence-corrected chi connectivity index (χ3v) is 10.4. The van der Waals surface area contributed by atoms with Crippen molar-refractivity contribution in [1.82, 2.24) is 9.78 Å². The number of Topliss-reactive ketones (excluding diaryl/α,β-unsaturated/α-hetero) is 1. The first-order valence-electron chi connectivity index (χ1n) is 13.7. The van der Waals surface area contributed by atoms with E-state index in [0.717, 1.165) is 70.2 Å². The number of alkyl halides is 3. The summed E-state index contributed by atoms with van der Waals surface area (Å²) < 4.78 is 40.3. The predicted molar refractivity (Wildman–Crippen MR) is 129 cm³/mol. The molecule has 3 aliphatic carbocycles. The molecule has 3 saturated carbocycles. The zero-order valence-electron chi connectivity index (χ0n) is 21.8. The van der Waals surface area contributed by atoms with Gasteiger partial charge in [0.1, 0.15) is 6.54 Å². The maximum Gasteiger partial charge on any atom is 0.419 e. The molecule has 4 rings (SSSR count). The van der Waals surface area contributed by atoms with Crippen molar-refractivity contribution in [3.63, 3.8) is 0 Å². The molecule has 3 aliphatic rings. The van der Waals surface area contributed by atoms with E-state index >= 15 is 0 Å². The van der Waals surface area contributed by atoms with E-state index in [2.05, 4.69) is 25.9 Å². The molecule has 198 valence electrons. The molecular weight excluding hydrogens is 453 g/mol. The van der Waals surface area contributed by atoms with Crippen molar-refractivity contribution >= 4 is 5.78 Å². The second-order valence-corrected chi connectivity index (χ2v) is 12.4. The average molecular weight is 497 g/mol. The quantitative estimate of drug-likeness (QED) is 0.419. The van der Waals surface area contributed by atoms with Crippen molar-refractivity contribution in [2.75, 3.05) is 0 Å². The Morgan fingerprint density at radius 2 is 1.94 bits per heavy atom. The smallest absolute Gasteiger partial charge is 0.390 e. The largest absolute Gasteiger partial charge is 0.419 e. The molecule has 7 atom stereocenters. The van der Waals surface area contributed by atoms with Gasteiger partial charge in [0.15, 0.2) is 5.78 Å². The van der Waals surface area contributed by atoms with Crippen molar-refractivity contribution in [3.05, 3.63) is 18.0 Å². The molecule has 4 nitrogen and oxygen atoms in total. The number of fused-ring (bicyclic) bond motifs is 3. The predicted octanol–water partition coefficient (Wildman–Crippen LogP) is 7.05. The summed E-state index contributed by atoms with van der Waals surface area (Å²) >= 11 is 0. The molecule has 1 aromatic rings. The third-order valence-electron chi connectivity index (χ3n) is 10.4. The van der Waals surface area contributed by atoms with Crippen LogP contribution < -0.4 is 0 Å². The van der Waals surface area contributed by atoms with Gasteiger partial charge in [0, 0.05) is 11.6 Å². The number of aromatic nitrogens is 2. The zero-order valence-corrected chi connectivity index (χ0v) is 21.8. The number of rotatable bonds is 8. The summed E-state index contributed by atoms with van der Waals surface area (Å²) in [6.45, 7) is 8.39. The van der Waals surface area contributed by atoms with Gasteiger partial charge in [0.25, 0.3) is 0 Å². The van der Waals surface area contributed by atoms with Crippen LogP contribution in [0.3, 0.4) is 0 Å². The van der Waals surface area contributed by atoms with Crippen molar-refractivity contribution in [2.24, 2.45) is 34.5 Å². The maximum atomic E-state index is 13.7. The van der Waals surface area contributed by atoms with Crippen LogP contribution in [0.15, 0.2) is 12.4 Å². The number of nitrogens with zero attached hydrogens (tertiary/aromatic N) is 2. The van der Waals surface area contributed by atoms with Crippen LogP contribution in [0, 0.1) is 34.5 Å². The van der Waals surface area contributed by atoms with E-state index in [1.165, 1.54) is 17.5 Å². The zero-order chi connectivity index (χ0) is 25.6. The number of hydrogen-bond acceptors (Lipinski definition) is 3. The van der Waals surface area contributed by atoms with Gasteiger partial charge in [0.05, 0.1) is 17.4 Å². The van der Waals surface area contributed by atoms with Gasteiger partial charge in [-0.25, -0.2) is 0 Å². The van der Waals surface area contributed by atoms with Crippen molar-refractivity contribution in [2.45, 2.75) is 117 Å². The Bertz CT molecular complexity index is 910. The topological polar surface area (TPSA) is 55.1 Å². The van der Waals surface area contributed by atoms with E-state index in [1.807, 2.05) is 6.92 Å². The Labute approximate surface area is 208 Å². The minimum Gasteiger partial charge on any atom is -0.390 e. The van der Waals surface area contributed by atoms with Gasteiger partial charge in [-0.05, 0) is 93.8 Å². The van der Waals surface area contributed by atoms with Crippen LogP contribution in [0.4, 0.5) is 13.2 Å². The molecule has 0 radical (unpaired) electrons. The number of carbonyl (C=O) groups excluding carboxylic acids is 1. The highest BCUT2D eigenvalue weighted by molar-refractivity contribution is 5.86. The lowest BCUT2D eigenvalue weighted by molar-refractivity contribution is -0.143. The molecule has 1 unspecified atom stereocenters. The summed E-state index contributed by atoms with van der Waals surface area (Å²) in [5, 5.41) is 14.6. The number of hydrogen-bond donors (Lipinski definition) is 1. The molecule has 0 bridgehead atoms. The maximum absolute atomic E-state index is 13.7. The van der Waals surface area contributed by atoms with Gasteiger partial charge in [0.2, 0.25) is 0 Å². The van der Waals surface area contributed by atoms with Gasteiger partial charge in [-0.2, -0.15) is 18.3 Å². The van der Waals surface area contributed by atoms with Crippen LogP contribution in [0.2, 0.25) is 0 Å². The molecule has 7 heteroatoms.